The lowest BCUT2D eigenvalue weighted by molar-refractivity contribution is -0.172. The maximum absolute atomic E-state index is 15.1. The number of fused-ring (bicyclic) bond motifs is 5. The minimum absolute atomic E-state index is 0.0273. The normalized spacial score (nSPS) is 23.6. The number of rotatable bonds is 4. The van der Waals surface area contributed by atoms with Crippen LogP contribution in [0.3, 0.4) is 0 Å². The third-order valence-electron chi connectivity index (χ3n) is 9.78. The first-order chi connectivity index (χ1) is 19.1. The fourth-order valence-electron chi connectivity index (χ4n) is 7.07. The maximum Gasteiger partial charge on any atom is 0.343 e. The van der Waals surface area contributed by atoms with E-state index >= 15 is 4.39 Å². The first-order valence-corrected chi connectivity index (χ1v) is 13.9. The van der Waals surface area contributed by atoms with Crippen molar-refractivity contribution < 1.29 is 28.9 Å². The number of carbonyl (C=O) groups excluding carboxylic acids is 2. The number of pyridine rings is 2. The topological polar surface area (TPSA) is 131 Å². The fourth-order valence-corrected chi connectivity index (χ4v) is 7.07. The van der Waals surface area contributed by atoms with Crippen LogP contribution in [0.25, 0.3) is 22.3 Å². The molecule has 2 aliphatic heterocycles. The molecule has 10 heteroatoms. The van der Waals surface area contributed by atoms with Gasteiger partial charge in [0.05, 0.1) is 47.1 Å². The van der Waals surface area contributed by atoms with Crippen molar-refractivity contribution in [3.63, 3.8) is 0 Å². The van der Waals surface area contributed by atoms with Gasteiger partial charge in [0.2, 0.25) is 5.91 Å². The molecule has 40 heavy (non-hydrogen) atoms. The number of nitrogens with zero attached hydrogens (tertiary/aromatic N) is 2. The molecule has 208 valence electrons. The van der Waals surface area contributed by atoms with Gasteiger partial charge in [-0.15, -0.1) is 0 Å². The minimum atomic E-state index is -1.95. The molecule has 4 heterocycles. The van der Waals surface area contributed by atoms with Gasteiger partial charge >= 0.3 is 5.97 Å². The summed E-state index contributed by atoms with van der Waals surface area (Å²) in [5.41, 5.74) is 1.58. The van der Waals surface area contributed by atoms with Gasteiger partial charge in [-0.1, -0.05) is 13.3 Å². The van der Waals surface area contributed by atoms with Crippen LogP contribution in [-0.2, 0) is 39.5 Å². The molecule has 1 fully saturated rings. The van der Waals surface area contributed by atoms with Crippen molar-refractivity contribution in [2.45, 2.75) is 77.2 Å². The summed E-state index contributed by atoms with van der Waals surface area (Å²) < 4.78 is 21.8. The zero-order chi connectivity index (χ0) is 28.1. The molecule has 7 rings (SSSR count). The largest absolute Gasteiger partial charge is 0.458 e. The van der Waals surface area contributed by atoms with Gasteiger partial charge < -0.3 is 24.8 Å². The van der Waals surface area contributed by atoms with Crippen LogP contribution in [0.4, 0.5) is 4.39 Å². The van der Waals surface area contributed by atoms with Crippen molar-refractivity contribution in [3.05, 3.63) is 61.7 Å². The second-order valence-electron chi connectivity index (χ2n) is 11.7. The number of benzene rings is 1. The standard InChI is InChI=1S/C30H30FN3O6/c1-3-30(39)18-9-22-25-16(11-34(22)26(36)17(18)12-40-28(30)38)24-20(33-27(37)29(13-35)7-4-8-29)6-5-15-14(2)19(31)10-21(32-25)23(15)24/h9-10,20,35,39H,3-8,11-13H2,1-2H3,(H,33,37)/t20-,30-/m0/s1. The van der Waals surface area contributed by atoms with Crippen molar-refractivity contribution >= 4 is 22.8 Å². The quantitative estimate of drug-likeness (QED) is 0.335. The zero-order valence-corrected chi connectivity index (χ0v) is 22.4. The highest BCUT2D eigenvalue weighted by Gasteiger charge is 2.47. The van der Waals surface area contributed by atoms with Gasteiger partial charge in [-0.3, -0.25) is 9.59 Å². The number of hydrogen-bond acceptors (Lipinski definition) is 7. The summed E-state index contributed by atoms with van der Waals surface area (Å²) in [4.78, 5) is 44.5. The number of halogens is 1. The number of aliphatic hydroxyl groups is 2. The van der Waals surface area contributed by atoms with E-state index < -0.39 is 23.0 Å². The Hall–Kier alpha value is -3.63. The number of cyclic esters (lactones) is 1. The van der Waals surface area contributed by atoms with E-state index in [1.807, 2.05) is 0 Å². The van der Waals surface area contributed by atoms with Gasteiger partial charge in [-0.25, -0.2) is 14.2 Å². The second-order valence-corrected chi connectivity index (χ2v) is 11.7. The SMILES string of the molecule is CC[C@@]1(O)C(=O)OCc2c1cc1n(c2=O)Cc2c-1nc1cc(F)c(C)c3c1c2[C@@H](NC(=O)C1(CO)CCC1)CC3. The Morgan fingerprint density at radius 3 is 2.70 bits per heavy atom. The van der Waals surface area contributed by atoms with Crippen molar-refractivity contribution in [3.8, 4) is 11.4 Å². The van der Waals surface area contributed by atoms with Crippen LogP contribution in [-0.4, -0.2) is 38.2 Å². The molecule has 1 aromatic carbocycles. The number of aromatic nitrogens is 2. The predicted molar refractivity (Wildman–Crippen MR) is 142 cm³/mol. The first kappa shape index (κ1) is 25.3. The Bertz CT molecular complexity index is 1720. The highest BCUT2D eigenvalue weighted by Crippen LogP contribution is 2.47. The molecular formula is C30H30FN3O6. The van der Waals surface area contributed by atoms with E-state index in [-0.39, 0.29) is 54.6 Å². The zero-order valence-electron chi connectivity index (χ0n) is 22.4. The molecule has 1 amide bonds. The van der Waals surface area contributed by atoms with Crippen LogP contribution in [0.2, 0.25) is 0 Å². The molecule has 0 unspecified atom stereocenters. The molecule has 9 nitrogen and oxygen atoms in total. The van der Waals surface area contributed by atoms with Crippen molar-refractivity contribution in [2.24, 2.45) is 5.41 Å². The van der Waals surface area contributed by atoms with Crippen molar-refractivity contribution in [2.75, 3.05) is 6.61 Å². The minimum Gasteiger partial charge on any atom is -0.458 e. The van der Waals surface area contributed by atoms with Gasteiger partial charge in [0, 0.05) is 22.6 Å². The van der Waals surface area contributed by atoms with Crippen molar-refractivity contribution in [1.29, 1.82) is 0 Å². The Morgan fingerprint density at radius 1 is 1.25 bits per heavy atom. The summed E-state index contributed by atoms with van der Waals surface area (Å²) in [6, 6.07) is 2.61. The van der Waals surface area contributed by atoms with Gasteiger partial charge in [0.25, 0.3) is 5.56 Å². The van der Waals surface area contributed by atoms with Gasteiger partial charge in [0.15, 0.2) is 5.60 Å². The van der Waals surface area contributed by atoms with Crippen LogP contribution in [0, 0.1) is 18.2 Å². The van der Waals surface area contributed by atoms with E-state index in [4.69, 9.17) is 9.72 Å². The first-order valence-electron chi connectivity index (χ1n) is 13.9. The number of aryl methyl sites for hydroxylation is 1. The Labute approximate surface area is 229 Å². The molecule has 3 N–H and O–H groups in total. The van der Waals surface area contributed by atoms with Crippen LogP contribution in [0.5, 0.6) is 0 Å². The number of esters is 1. The Kier molecular flexibility index (Phi) is 5.35. The third-order valence-corrected chi connectivity index (χ3v) is 9.78. The highest BCUT2D eigenvalue weighted by molar-refractivity contribution is 5.94. The smallest absolute Gasteiger partial charge is 0.343 e. The van der Waals surface area contributed by atoms with Crippen LogP contribution in [0.1, 0.15) is 78.5 Å². The molecule has 2 aliphatic carbocycles. The number of amides is 1. The molecule has 0 spiro atoms. The van der Waals surface area contributed by atoms with E-state index in [0.717, 1.165) is 28.5 Å². The highest BCUT2D eigenvalue weighted by atomic mass is 19.1. The van der Waals surface area contributed by atoms with Gasteiger partial charge in [-0.2, -0.15) is 0 Å². The average Bonchev–Trinajstić information content (AvgIpc) is 3.28. The van der Waals surface area contributed by atoms with Gasteiger partial charge in [-0.05, 0) is 61.8 Å². The number of carbonyl (C=O) groups is 2. The van der Waals surface area contributed by atoms with Crippen LogP contribution in [0.15, 0.2) is 16.9 Å². The van der Waals surface area contributed by atoms with E-state index in [2.05, 4.69) is 5.32 Å². The number of hydrogen-bond donors (Lipinski definition) is 3. The fraction of sp³-hybridized carbons (Fsp3) is 0.467. The average molecular weight is 548 g/mol. The Morgan fingerprint density at radius 2 is 2.02 bits per heavy atom. The molecule has 1 saturated carbocycles. The van der Waals surface area contributed by atoms with Crippen molar-refractivity contribution in [1.82, 2.24) is 14.9 Å². The maximum atomic E-state index is 15.1. The van der Waals surface area contributed by atoms with Crippen LogP contribution >= 0.6 is 0 Å². The van der Waals surface area contributed by atoms with Crippen LogP contribution < -0.4 is 10.9 Å². The summed E-state index contributed by atoms with van der Waals surface area (Å²) in [5, 5.41) is 25.2. The third kappa shape index (κ3) is 3.14. The number of aliphatic hydroxyl groups excluding tert-OH is 1. The summed E-state index contributed by atoms with van der Waals surface area (Å²) >= 11 is 0. The van der Waals surface area contributed by atoms with E-state index in [9.17, 15) is 24.6 Å². The lowest BCUT2D eigenvalue weighted by atomic mass is 9.68. The summed E-state index contributed by atoms with van der Waals surface area (Å²) in [5.74, 6) is -1.37. The molecule has 2 atom stereocenters. The summed E-state index contributed by atoms with van der Waals surface area (Å²) in [7, 11) is 0. The van der Waals surface area contributed by atoms with Gasteiger partial charge in [0.1, 0.15) is 12.4 Å². The molecule has 2 aromatic heterocycles. The Balaban J connectivity index is 1.46. The number of ether oxygens (including phenoxy) is 1. The monoisotopic (exact) mass is 547 g/mol. The van der Waals surface area contributed by atoms with E-state index in [1.165, 1.54) is 6.07 Å². The lowest BCUT2D eigenvalue weighted by Gasteiger charge is -2.40. The molecular weight excluding hydrogens is 517 g/mol. The summed E-state index contributed by atoms with van der Waals surface area (Å²) in [6.07, 6.45) is 3.25. The molecule has 0 saturated heterocycles. The van der Waals surface area contributed by atoms with E-state index in [0.29, 0.717) is 48.2 Å². The van der Waals surface area contributed by atoms with E-state index in [1.54, 1.807) is 24.5 Å². The second kappa shape index (κ2) is 8.44. The lowest BCUT2D eigenvalue weighted by Crippen LogP contribution is -2.49. The molecule has 4 aliphatic rings. The number of nitrogens with one attached hydrogen (secondary N) is 1. The summed E-state index contributed by atoms with van der Waals surface area (Å²) in [6.45, 7) is 3.12. The molecule has 0 bridgehead atoms. The molecule has 0 radical (unpaired) electrons. The predicted octanol–water partition coefficient (Wildman–Crippen LogP) is 2.79. The molecule has 3 aromatic rings.